The molecule has 5 heteroatoms. The molecule has 2 aromatic carbocycles. The first-order valence-corrected chi connectivity index (χ1v) is 8.83. The van der Waals surface area contributed by atoms with Crippen molar-refractivity contribution in [3.05, 3.63) is 58.6 Å². The van der Waals surface area contributed by atoms with Gasteiger partial charge >= 0.3 is 0 Å². The van der Waals surface area contributed by atoms with Crippen LogP contribution in [-0.4, -0.2) is 25.7 Å². The van der Waals surface area contributed by atoms with E-state index < -0.39 is 0 Å². The first-order chi connectivity index (χ1) is 12.1. The summed E-state index contributed by atoms with van der Waals surface area (Å²) in [6.07, 6.45) is 2.20. The number of hydrogen-bond donors (Lipinski definition) is 1. The van der Waals surface area contributed by atoms with Crippen LogP contribution in [0.4, 0.5) is 0 Å². The zero-order valence-corrected chi connectivity index (χ0v) is 15.4. The van der Waals surface area contributed by atoms with Crippen LogP contribution in [0.1, 0.15) is 24.5 Å². The molecule has 0 atom stereocenters. The van der Waals surface area contributed by atoms with Crippen molar-refractivity contribution < 1.29 is 14.3 Å². The van der Waals surface area contributed by atoms with Gasteiger partial charge in [0.25, 0.3) is 5.91 Å². The van der Waals surface area contributed by atoms with Crippen LogP contribution in [0.2, 0.25) is 5.02 Å². The van der Waals surface area contributed by atoms with Gasteiger partial charge in [0.1, 0.15) is 18.1 Å². The minimum absolute atomic E-state index is 0.0349. The molecule has 0 aliphatic carbocycles. The molecule has 0 saturated heterocycles. The normalized spacial score (nSPS) is 10.4. The average molecular weight is 362 g/mol. The number of hydrogen-bond acceptors (Lipinski definition) is 3. The van der Waals surface area contributed by atoms with Gasteiger partial charge in [-0.25, -0.2) is 0 Å². The van der Waals surface area contributed by atoms with Crippen molar-refractivity contribution >= 4 is 17.5 Å². The van der Waals surface area contributed by atoms with Gasteiger partial charge in [0.2, 0.25) is 0 Å². The fourth-order valence-electron chi connectivity index (χ4n) is 2.31. The summed E-state index contributed by atoms with van der Waals surface area (Å²) in [6, 6.07) is 13.4. The van der Waals surface area contributed by atoms with Gasteiger partial charge < -0.3 is 14.8 Å². The van der Waals surface area contributed by atoms with Gasteiger partial charge in [0.05, 0.1) is 6.54 Å². The average Bonchev–Trinajstić information content (AvgIpc) is 2.61. The fraction of sp³-hybridized carbons (Fsp3) is 0.350. The van der Waals surface area contributed by atoms with Crippen molar-refractivity contribution in [1.82, 2.24) is 5.32 Å². The molecule has 0 spiro atoms. The molecule has 0 radical (unpaired) electrons. The maximum atomic E-state index is 11.8. The van der Waals surface area contributed by atoms with E-state index in [1.807, 2.05) is 19.1 Å². The number of rotatable bonds is 9. The maximum Gasteiger partial charge on any atom is 0.258 e. The highest BCUT2D eigenvalue weighted by Crippen LogP contribution is 2.20. The largest absolute Gasteiger partial charge is 0.492 e. The van der Waals surface area contributed by atoms with Crippen molar-refractivity contribution in [3.8, 4) is 11.5 Å². The number of aryl methyl sites for hydroxylation is 2. The van der Waals surface area contributed by atoms with Crippen LogP contribution in [0, 0.1) is 6.92 Å². The predicted molar refractivity (Wildman–Crippen MR) is 101 cm³/mol. The van der Waals surface area contributed by atoms with Gasteiger partial charge in [-0.3, -0.25) is 4.79 Å². The van der Waals surface area contributed by atoms with E-state index in [1.165, 1.54) is 5.56 Å². The van der Waals surface area contributed by atoms with Crippen molar-refractivity contribution in [3.63, 3.8) is 0 Å². The molecule has 0 aromatic heterocycles. The molecule has 0 aliphatic heterocycles. The van der Waals surface area contributed by atoms with Crippen LogP contribution in [0.3, 0.4) is 0 Å². The molecule has 1 amide bonds. The third-order valence-corrected chi connectivity index (χ3v) is 4.08. The number of halogens is 1. The highest BCUT2D eigenvalue weighted by Gasteiger charge is 2.04. The summed E-state index contributed by atoms with van der Waals surface area (Å²) in [4.78, 5) is 11.8. The van der Waals surface area contributed by atoms with Crippen LogP contribution < -0.4 is 14.8 Å². The van der Waals surface area contributed by atoms with Crippen molar-refractivity contribution in [1.29, 1.82) is 0 Å². The van der Waals surface area contributed by atoms with E-state index in [0.717, 1.165) is 24.2 Å². The summed E-state index contributed by atoms with van der Waals surface area (Å²) < 4.78 is 11.1. The lowest BCUT2D eigenvalue weighted by molar-refractivity contribution is -0.123. The van der Waals surface area contributed by atoms with Gasteiger partial charge in [0.15, 0.2) is 6.61 Å². The smallest absolute Gasteiger partial charge is 0.258 e. The van der Waals surface area contributed by atoms with Gasteiger partial charge in [0, 0.05) is 5.02 Å². The van der Waals surface area contributed by atoms with Crippen LogP contribution in [0.5, 0.6) is 11.5 Å². The first kappa shape index (κ1) is 19.1. The highest BCUT2D eigenvalue weighted by molar-refractivity contribution is 6.31. The Morgan fingerprint density at radius 3 is 2.48 bits per heavy atom. The minimum atomic E-state index is -0.186. The lowest BCUT2D eigenvalue weighted by Gasteiger charge is -2.10. The van der Waals surface area contributed by atoms with Gasteiger partial charge in [-0.15, -0.1) is 0 Å². The molecule has 0 fully saturated rings. The Kier molecular flexibility index (Phi) is 7.61. The lowest BCUT2D eigenvalue weighted by atomic mass is 10.1. The third kappa shape index (κ3) is 6.67. The maximum absolute atomic E-state index is 11.8. The number of amides is 1. The van der Waals surface area contributed by atoms with Crippen LogP contribution >= 0.6 is 11.6 Å². The molecule has 0 saturated carbocycles. The summed E-state index contributed by atoms with van der Waals surface area (Å²) in [7, 11) is 0. The Labute approximate surface area is 154 Å². The lowest BCUT2D eigenvalue weighted by Crippen LogP contribution is -2.32. The molecule has 25 heavy (non-hydrogen) atoms. The molecule has 0 heterocycles. The number of ether oxygens (including phenoxy) is 2. The predicted octanol–water partition coefficient (Wildman–Crippen LogP) is 4.17. The van der Waals surface area contributed by atoms with E-state index in [2.05, 4.69) is 24.4 Å². The first-order valence-electron chi connectivity index (χ1n) is 8.46. The summed E-state index contributed by atoms with van der Waals surface area (Å²) in [5.41, 5.74) is 2.22. The standard InChI is InChI=1S/C20H24ClNO3/c1-3-4-16-5-7-17(8-6-16)24-12-11-22-20(23)14-25-18-9-10-19(21)15(2)13-18/h5-10,13H,3-4,11-12,14H2,1-2H3,(H,22,23). The highest BCUT2D eigenvalue weighted by atomic mass is 35.5. The number of carbonyl (C=O) groups is 1. The molecular formula is C20H24ClNO3. The Bertz CT molecular complexity index is 686. The summed E-state index contributed by atoms with van der Waals surface area (Å²) >= 11 is 5.95. The zero-order chi connectivity index (χ0) is 18.1. The SMILES string of the molecule is CCCc1ccc(OCCNC(=O)COc2ccc(Cl)c(C)c2)cc1. The molecule has 2 rings (SSSR count). The van der Waals surface area contributed by atoms with Crippen molar-refractivity contribution in [2.75, 3.05) is 19.8 Å². The second kappa shape index (κ2) is 9.94. The topological polar surface area (TPSA) is 47.6 Å². The van der Waals surface area contributed by atoms with Crippen LogP contribution in [0.25, 0.3) is 0 Å². The molecule has 0 unspecified atom stereocenters. The minimum Gasteiger partial charge on any atom is -0.492 e. The van der Waals surface area contributed by atoms with Crippen molar-refractivity contribution in [2.24, 2.45) is 0 Å². The molecule has 0 aliphatic rings. The monoisotopic (exact) mass is 361 g/mol. The molecule has 4 nitrogen and oxygen atoms in total. The summed E-state index contributed by atoms with van der Waals surface area (Å²) in [5.74, 6) is 1.25. The van der Waals surface area contributed by atoms with Gasteiger partial charge in [-0.2, -0.15) is 0 Å². The van der Waals surface area contributed by atoms with E-state index in [4.69, 9.17) is 21.1 Å². The molecule has 0 bridgehead atoms. The van der Waals surface area contributed by atoms with Crippen LogP contribution in [-0.2, 0) is 11.2 Å². The van der Waals surface area contributed by atoms with E-state index in [1.54, 1.807) is 18.2 Å². The summed E-state index contributed by atoms with van der Waals surface area (Å²) in [6.45, 7) is 4.86. The van der Waals surface area contributed by atoms with E-state index in [9.17, 15) is 4.79 Å². The van der Waals surface area contributed by atoms with E-state index in [-0.39, 0.29) is 12.5 Å². The summed E-state index contributed by atoms with van der Waals surface area (Å²) in [5, 5.41) is 3.44. The molecule has 134 valence electrons. The van der Waals surface area contributed by atoms with Gasteiger partial charge in [-0.05, 0) is 54.8 Å². The molecule has 2 aromatic rings. The zero-order valence-electron chi connectivity index (χ0n) is 14.7. The Balaban J connectivity index is 1.64. The number of nitrogens with one attached hydrogen (secondary N) is 1. The second-order valence-corrected chi connectivity index (χ2v) is 6.20. The molecule has 1 N–H and O–H groups in total. The Morgan fingerprint density at radius 2 is 1.80 bits per heavy atom. The van der Waals surface area contributed by atoms with Gasteiger partial charge in [-0.1, -0.05) is 37.1 Å². The third-order valence-electron chi connectivity index (χ3n) is 3.65. The van der Waals surface area contributed by atoms with E-state index >= 15 is 0 Å². The van der Waals surface area contributed by atoms with Crippen LogP contribution in [0.15, 0.2) is 42.5 Å². The second-order valence-electron chi connectivity index (χ2n) is 5.79. The number of carbonyl (C=O) groups excluding carboxylic acids is 1. The van der Waals surface area contributed by atoms with Crippen molar-refractivity contribution in [2.45, 2.75) is 26.7 Å². The molecular weight excluding hydrogens is 338 g/mol. The quantitative estimate of drug-likeness (QED) is 0.682. The fourth-order valence-corrected chi connectivity index (χ4v) is 2.42. The number of benzene rings is 2. The Hall–Kier alpha value is -2.20. The van der Waals surface area contributed by atoms with E-state index in [0.29, 0.717) is 23.9 Å². The Morgan fingerprint density at radius 1 is 1.08 bits per heavy atom.